The number of hydrogen-bond acceptors (Lipinski definition) is 15. The first-order valence-corrected chi connectivity index (χ1v) is 12.5. The average molecular weight is 576 g/mol. The fourth-order valence-corrected chi connectivity index (χ4v) is 4.17. The zero-order valence-electron chi connectivity index (χ0n) is 23.4. The highest BCUT2D eigenvalue weighted by molar-refractivity contribution is 5.70. The van der Waals surface area contributed by atoms with Crippen LogP contribution < -0.4 is 0 Å². The number of hydrogen-bond donors (Lipinski definition) is 0. The Hall–Kier alpha value is -3.82. The van der Waals surface area contributed by atoms with Crippen LogP contribution in [-0.2, 0) is 52.4 Å². The molecule has 1 fully saturated rings. The van der Waals surface area contributed by atoms with Crippen molar-refractivity contribution in [2.24, 2.45) is 11.0 Å². The molecule has 16 heteroatoms. The number of methoxy groups -OCH3 is 1. The molecular formula is C24H37N3O13. The van der Waals surface area contributed by atoms with E-state index in [1.54, 1.807) is 5.01 Å². The highest BCUT2D eigenvalue weighted by atomic mass is 16.6. The largest absolute Gasteiger partial charge is 0.462 e. The summed E-state index contributed by atoms with van der Waals surface area (Å²) in [5, 5.41) is 17.7. The van der Waals surface area contributed by atoms with E-state index in [4.69, 9.17) is 28.4 Å². The highest BCUT2D eigenvalue weighted by Gasteiger charge is 2.47. The Kier molecular flexibility index (Phi) is 14.5. The van der Waals surface area contributed by atoms with Crippen LogP contribution in [0.4, 0.5) is 0 Å². The van der Waals surface area contributed by atoms with Crippen LogP contribution in [0.25, 0.3) is 0 Å². The van der Waals surface area contributed by atoms with Gasteiger partial charge in [0.15, 0.2) is 24.4 Å². The summed E-state index contributed by atoms with van der Waals surface area (Å²) in [6, 6.07) is -0.0974. The molecule has 0 aliphatic carbocycles. The van der Waals surface area contributed by atoms with Gasteiger partial charge in [-0.2, -0.15) is 5.10 Å². The van der Waals surface area contributed by atoms with Crippen molar-refractivity contribution < 1.29 is 57.3 Å². The molecule has 226 valence electrons. The molecule has 1 heterocycles. The summed E-state index contributed by atoms with van der Waals surface area (Å²) >= 11 is 0. The maximum atomic E-state index is 12.2. The second kappa shape index (κ2) is 17.0. The van der Waals surface area contributed by atoms with Gasteiger partial charge in [-0.1, -0.05) is 0 Å². The van der Waals surface area contributed by atoms with E-state index in [1.807, 2.05) is 0 Å². The molecule has 0 N–H and O–H groups in total. The zero-order chi connectivity index (χ0) is 30.4. The quantitative estimate of drug-likeness (QED) is 0.0798. The molecule has 40 heavy (non-hydrogen) atoms. The number of nitrogens with zero attached hydrogens (tertiary/aromatic N) is 3. The third kappa shape index (κ3) is 12.4. The summed E-state index contributed by atoms with van der Waals surface area (Å²) in [5.41, 5.74) is 0. The molecule has 0 saturated carbocycles. The first-order valence-electron chi connectivity index (χ1n) is 12.5. The molecule has 1 aliphatic rings. The van der Waals surface area contributed by atoms with E-state index >= 15 is 0 Å². The van der Waals surface area contributed by atoms with Gasteiger partial charge in [0, 0.05) is 59.4 Å². The van der Waals surface area contributed by atoms with Crippen molar-refractivity contribution in [2.45, 2.75) is 77.9 Å². The normalized spacial score (nSPS) is 18.6. The molecule has 16 nitrogen and oxygen atoms in total. The summed E-state index contributed by atoms with van der Waals surface area (Å²) in [4.78, 5) is 70.8. The lowest BCUT2D eigenvalue weighted by Gasteiger charge is -2.36. The van der Waals surface area contributed by atoms with E-state index in [9.17, 15) is 34.1 Å². The molecule has 1 rings (SSSR count). The van der Waals surface area contributed by atoms with Crippen molar-refractivity contribution in [1.29, 1.82) is 0 Å². The molecule has 0 amide bonds. The van der Waals surface area contributed by atoms with Crippen molar-refractivity contribution in [3.63, 3.8) is 0 Å². The van der Waals surface area contributed by atoms with Crippen molar-refractivity contribution >= 4 is 36.1 Å². The number of esters is 5. The number of hydrazone groups is 1. The van der Waals surface area contributed by atoms with Crippen LogP contribution in [0, 0.1) is 16.0 Å². The molecule has 0 aromatic heterocycles. The molecule has 0 radical (unpaired) electrons. The number of ether oxygens (including phenoxy) is 6. The summed E-state index contributed by atoms with van der Waals surface area (Å²) in [6.45, 7) is 4.57. The van der Waals surface area contributed by atoms with Crippen LogP contribution in [0.15, 0.2) is 5.10 Å². The fourth-order valence-electron chi connectivity index (χ4n) is 4.17. The van der Waals surface area contributed by atoms with Crippen LogP contribution in [0.5, 0.6) is 0 Å². The van der Waals surface area contributed by atoms with Gasteiger partial charge >= 0.3 is 29.8 Å². The van der Waals surface area contributed by atoms with Gasteiger partial charge < -0.3 is 28.4 Å². The predicted molar refractivity (Wildman–Crippen MR) is 134 cm³/mol. The Morgan fingerprint density at radius 3 is 1.95 bits per heavy atom. The van der Waals surface area contributed by atoms with Crippen molar-refractivity contribution in [1.82, 2.24) is 5.01 Å². The Morgan fingerprint density at radius 2 is 1.45 bits per heavy atom. The van der Waals surface area contributed by atoms with Crippen LogP contribution in [-0.4, -0.2) is 110 Å². The lowest BCUT2D eigenvalue weighted by atomic mass is 9.92. The van der Waals surface area contributed by atoms with Gasteiger partial charge in [-0.25, -0.2) is 0 Å². The van der Waals surface area contributed by atoms with E-state index in [2.05, 4.69) is 5.10 Å². The lowest BCUT2D eigenvalue weighted by molar-refractivity contribution is -0.487. The number of nitro groups is 1. The first kappa shape index (κ1) is 34.2. The summed E-state index contributed by atoms with van der Waals surface area (Å²) in [6.07, 6.45) is -3.92. The number of carbonyl (C=O) groups is 5. The van der Waals surface area contributed by atoms with Gasteiger partial charge in [0.1, 0.15) is 12.5 Å². The third-order valence-electron chi connectivity index (χ3n) is 5.58. The molecule has 0 bridgehead atoms. The summed E-state index contributed by atoms with van der Waals surface area (Å²) in [7, 11) is 1.53. The summed E-state index contributed by atoms with van der Waals surface area (Å²) in [5.74, 6) is -5.74. The first-order chi connectivity index (χ1) is 18.7. The molecule has 1 aliphatic heterocycles. The van der Waals surface area contributed by atoms with Gasteiger partial charge in [0.05, 0.1) is 12.6 Å². The smallest absolute Gasteiger partial charge is 0.303 e. The highest BCUT2D eigenvalue weighted by Crippen LogP contribution is 2.25. The topological polar surface area (TPSA) is 199 Å². The SMILES string of the molecule is COC[C@@H]1CCCN1/N=C/[C@H](C[N+](=O)[O-])[C@@H](OC(C)=O)[C@@H](OC(C)=O)[C@H](OC(C)=O)[C@@H](COC(C)=O)OC(C)=O. The van der Waals surface area contributed by atoms with Crippen molar-refractivity contribution in [3.05, 3.63) is 10.1 Å². The van der Waals surface area contributed by atoms with E-state index in [1.165, 1.54) is 13.3 Å². The molecule has 6 atom stereocenters. The number of carbonyl (C=O) groups excluding carboxylic acids is 5. The maximum absolute atomic E-state index is 12.2. The minimum atomic E-state index is -1.75. The zero-order valence-corrected chi connectivity index (χ0v) is 23.4. The minimum Gasteiger partial charge on any atom is -0.462 e. The molecule has 0 aromatic carbocycles. The van der Waals surface area contributed by atoms with Gasteiger partial charge in [-0.15, -0.1) is 0 Å². The standard InChI is InChI=1S/C24H37N3O13/c1-14(28)36-13-21(37-15(2)29)23(39-17(4)31)24(40-18(5)32)22(38-16(3)30)19(11-27(33)34)10-25-26-9-7-8-20(26)12-35-6/h10,19-24H,7-9,11-13H2,1-6H3/b25-10+/t19-,20+,21-,22-,23-,24-/m1/s1. The van der Waals surface area contributed by atoms with E-state index in [0.29, 0.717) is 13.2 Å². The molecule has 0 spiro atoms. The Balaban J connectivity index is 3.67. The van der Waals surface area contributed by atoms with E-state index in [-0.39, 0.29) is 6.04 Å². The second-order valence-corrected chi connectivity index (χ2v) is 9.03. The minimum absolute atomic E-state index is 0.0974. The predicted octanol–water partition coefficient (Wildman–Crippen LogP) is 0.266. The molecule has 0 unspecified atom stereocenters. The Bertz CT molecular complexity index is 941. The fraction of sp³-hybridized carbons (Fsp3) is 0.750. The van der Waals surface area contributed by atoms with Gasteiger partial charge in [-0.05, 0) is 12.8 Å². The van der Waals surface area contributed by atoms with Gasteiger partial charge in [-0.3, -0.25) is 39.1 Å². The third-order valence-corrected chi connectivity index (χ3v) is 5.58. The van der Waals surface area contributed by atoms with Crippen LogP contribution in [0.2, 0.25) is 0 Å². The number of rotatable bonds is 16. The van der Waals surface area contributed by atoms with Gasteiger partial charge in [0.25, 0.3) is 0 Å². The van der Waals surface area contributed by atoms with Crippen molar-refractivity contribution in [2.75, 3.05) is 33.4 Å². The van der Waals surface area contributed by atoms with Gasteiger partial charge in [0.2, 0.25) is 6.54 Å². The average Bonchev–Trinajstić information content (AvgIpc) is 3.26. The molecule has 0 aromatic rings. The maximum Gasteiger partial charge on any atom is 0.303 e. The monoisotopic (exact) mass is 575 g/mol. The van der Waals surface area contributed by atoms with Crippen LogP contribution >= 0.6 is 0 Å². The van der Waals surface area contributed by atoms with Crippen molar-refractivity contribution in [3.8, 4) is 0 Å². The van der Waals surface area contributed by atoms with Crippen LogP contribution in [0.3, 0.4) is 0 Å². The van der Waals surface area contributed by atoms with E-state index < -0.39 is 78.3 Å². The van der Waals surface area contributed by atoms with E-state index in [0.717, 1.165) is 47.5 Å². The lowest BCUT2D eigenvalue weighted by Crippen LogP contribution is -2.56. The Morgan fingerprint density at radius 1 is 0.900 bits per heavy atom. The van der Waals surface area contributed by atoms with Crippen LogP contribution in [0.1, 0.15) is 47.5 Å². The Labute approximate surface area is 231 Å². The summed E-state index contributed by atoms with van der Waals surface area (Å²) < 4.78 is 31.5. The second-order valence-electron chi connectivity index (χ2n) is 9.03. The molecular weight excluding hydrogens is 538 g/mol. The molecule has 1 saturated heterocycles.